The van der Waals surface area contributed by atoms with Crippen molar-refractivity contribution in [2.45, 2.75) is 0 Å². The molecular weight excluding hydrogens is 1390 g/mol. The van der Waals surface area contributed by atoms with Gasteiger partial charge in [-0.1, -0.05) is 267 Å². The van der Waals surface area contributed by atoms with Crippen LogP contribution in [0.15, 0.2) is 352 Å². The summed E-state index contributed by atoms with van der Waals surface area (Å²) in [6.07, 6.45) is 3.87. The normalized spacial score (nSPS) is 11.9. The molecule has 0 aliphatic carbocycles. The molecular formula is C100H58N4S4. The Hall–Kier alpha value is -12.9. The number of thiophene rings is 4. The fourth-order valence-corrected chi connectivity index (χ4v) is 21.0. The third-order valence-electron chi connectivity index (χ3n) is 21.7. The molecule has 502 valence electrons. The standard InChI is InChI=1S/C52H30N2S2.C48H28N2S2/c1-2-16-40-38(14-1)39-15-3-4-17-41(39)45-28-33(22-24-42(40)45)31-10-7-11-32(26-31)34-23-25-49-46(29-34)50-52(56-49)54-47(30-53-50)36-13-8-12-35(27-36)37-19-9-20-44-43-18-5-6-21-48(43)55-51(37)44;1-2-15-35-33(10-1)27-41(38-17-4-3-16-37(35)38)32-13-7-11-29(24-32)30-22-23-45-42(26-30)46-48(52-45)50-43(28-49-46)34-14-8-12-31(25-34)36-19-9-20-40-39-18-5-6-21-44(39)51-47(36)40/h1-30H;1-28H. The molecule has 23 aromatic rings. The molecule has 0 bridgehead atoms. The van der Waals surface area contributed by atoms with Crippen LogP contribution in [0.1, 0.15) is 0 Å². The van der Waals surface area contributed by atoms with Crippen LogP contribution in [0.2, 0.25) is 0 Å². The molecule has 0 aliphatic rings. The number of rotatable bonds is 8. The first-order valence-electron chi connectivity index (χ1n) is 36.3. The Kier molecular flexibility index (Phi) is 14.7. The highest BCUT2D eigenvalue weighted by atomic mass is 32.1. The number of nitrogens with zero attached hydrogens (tertiary/aromatic N) is 4. The summed E-state index contributed by atoms with van der Waals surface area (Å²) in [7, 11) is 0. The van der Waals surface area contributed by atoms with E-state index in [4.69, 9.17) is 19.9 Å². The highest BCUT2D eigenvalue weighted by molar-refractivity contribution is 7.27. The van der Waals surface area contributed by atoms with Gasteiger partial charge in [0.05, 0.1) is 23.8 Å². The van der Waals surface area contributed by atoms with E-state index in [2.05, 4.69) is 340 Å². The smallest absolute Gasteiger partial charge is 0.143 e. The van der Waals surface area contributed by atoms with Crippen molar-refractivity contribution in [3.05, 3.63) is 352 Å². The number of aromatic nitrogens is 4. The summed E-state index contributed by atoms with van der Waals surface area (Å²) in [5, 5.41) is 20.4. The maximum Gasteiger partial charge on any atom is 0.143 e. The first-order valence-corrected chi connectivity index (χ1v) is 39.6. The Morgan fingerprint density at radius 3 is 1.03 bits per heavy atom. The van der Waals surface area contributed by atoms with Crippen LogP contribution in [0.5, 0.6) is 0 Å². The molecule has 0 saturated heterocycles. The maximum atomic E-state index is 5.19. The molecule has 108 heavy (non-hydrogen) atoms. The Balaban J connectivity index is 0.000000134. The fraction of sp³-hybridized carbons (Fsp3) is 0. The van der Waals surface area contributed by atoms with Crippen molar-refractivity contribution in [3.63, 3.8) is 0 Å². The minimum atomic E-state index is 0.888. The second-order valence-corrected chi connectivity index (χ2v) is 32.0. The van der Waals surface area contributed by atoms with E-state index in [9.17, 15) is 0 Å². The van der Waals surface area contributed by atoms with E-state index in [-0.39, 0.29) is 0 Å². The van der Waals surface area contributed by atoms with Gasteiger partial charge in [-0.2, -0.15) is 0 Å². The van der Waals surface area contributed by atoms with Gasteiger partial charge in [0.15, 0.2) is 0 Å². The van der Waals surface area contributed by atoms with E-state index in [1.165, 1.54) is 170 Å². The third-order valence-corrected chi connectivity index (χ3v) is 26.2. The first-order chi connectivity index (χ1) is 53.5. The Morgan fingerprint density at radius 2 is 0.519 bits per heavy atom. The molecule has 8 heteroatoms. The maximum absolute atomic E-state index is 5.19. The highest BCUT2D eigenvalue weighted by Gasteiger charge is 2.20. The van der Waals surface area contributed by atoms with Crippen LogP contribution in [0, 0.1) is 0 Å². The topological polar surface area (TPSA) is 51.6 Å². The van der Waals surface area contributed by atoms with Gasteiger partial charge in [0.1, 0.15) is 20.7 Å². The summed E-state index contributed by atoms with van der Waals surface area (Å²) in [5.41, 5.74) is 20.3. The monoisotopic (exact) mass is 1440 g/mol. The lowest BCUT2D eigenvalue weighted by atomic mass is 9.91. The SMILES string of the molecule is c1cc(-c2ccc3c4ccccc4c4ccccc4c3c2)cc(-c2ccc3sc4nc(-c5cccc(-c6cccc7c6sc6ccccc67)c5)cnc4c3c2)c1.c1cc(-c2ccc3sc4nc(-c5cccc(-c6cccc7c6sc6ccccc67)c5)cnc4c3c2)cc(-c2cc3ccccc3c3ccccc23)c1. The Bertz CT molecular complexity index is 7630. The summed E-state index contributed by atoms with van der Waals surface area (Å²) in [6, 6.07) is 124. The lowest BCUT2D eigenvalue weighted by Gasteiger charge is -2.12. The molecule has 0 spiro atoms. The van der Waals surface area contributed by atoms with Gasteiger partial charge in [0.2, 0.25) is 0 Å². The van der Waals surface area contributed by atoms with Gasteiger partial charge in [-0.05, 0) is 193 Å². The van der Waals surface area contributed by atoms with Crippen molar-refractivity contribution in [1.82, 2.24) is 19.9 Å². The minimum absolute atomic E-state index is 0.888. The van der Waals surface area contributed by atoms with E-state index >= 15 is 0 Å². The van der Waals surface area contributed by atoms with Crippen molar-refractivity contribution in [1.29, 1.82) is 0 Å². The molecule has 4 nitrogen and oxygen atoms in total. The molecule has 0 saturated carbocycles. The number of hydrogen-bond donors (Lipinski definition) is 0. The molecule has 0 aliphatic heterocycles. The molecule has 0 radical (unpaired) electrons. The molecule has 6 aromatic heterocycles. The minimum Gasteiger partial charge on any atom is -0.251 e. The Labute approximate surface area is 636 Å². The zero-order valence-electron chi connectivity index (χ0n) is 57.9. The third kappa shape index (κ3) is 10.5. The van der Waals surface area contributed by atoms with Crippen molar-refractivity contribution >= 4 is 180 Å². The second kappa shape index (κ2) is 25.4. The van der Waals surface area contributed by atoms with Gasteiger partial charge < -0.3 is 0 Å². The van der Waals surface area contributed by atoms with E-state index < -0.39 is 0 Å². The lowest BCUT2D eigenvalue weighted by molar-refractivity contribution is 1.32. The van der Waals surface area contributed by atoms with Gasteiger partial charge in [-0.15, -0.1) is 45.3 Å². The zero-order chi connectivity index (χ0) is 70.9. The van der Waals surface area contributed by atoms with E-state index in [0.717, 1.165) is 54.0 Å². The van der Waals surface area contributed by atoms with Crippen LogP contribution in [0.3, 0.4) is 0 Å². The number of hydrogen-bond acceptors (Lipinski definition) is 8. The number of fused-ring (bicyclic) bond motifs is 21. The average Bonchev–Trinajstić information content (AvgIpc) is 1.09. The van der Waals surface area contributed by atoms with Crippen molar-refractivity contribution < 1.29 is 0 Å². The van der Waals surface area contributed by atoms with Gasteiger partial charge in [0, 0.05) is 71.6 Å². The molecule has 6 heterocycles. The van der Waals surface area contributed by atoms with E-state index in [0.29, 0.717) is 0 Å². The fourth-order valence-electron chi connectivity index (χ4n) is 16.5. The molecule has 17 aromatic carbocycles. The molecule has 0 amide bonds. The van der Waals surface area contributed by atoms with E-state index in [1.807, 2.05) is 35.1 Å². The largest absolute Gasteiger partial charge is 0.251 e. The molecule has 0 atom stereocenters. The van der Waals surface area contributed by atoms with Crippen LogP contribution < -0.4 is 0 Å². The van der Waals surface area contributed by atoms with E-state index in [1.54, 1.807) is 22.7 Å². The predicted molar refractivity (Wildman–Crippen MR) is 467 cm³/mol. The zero-order valence-corrected chi connectivity index (χ0v) is 61.2. The highest BCUT2D eigenvalue weighted by Crippen LogP contribution is 2.46. The predicted octanol–water partition coefficient (Wildman–Crippen LogP) is 29.5. The summed E-state index contributed by atoms with van der Waals surface area (Å²) in [4.78, 5) is 22.4. The molecule has 0 fully saturated rings. The Morgan fingerprint density at radius 1 is 0.185 bits per heavy atom. The van der Waals surface area contributed by atoms with Crippen LogP contribution in [0.25, 0.3) is 224 Å². The molecule has 23 rings (SSSR count). The van der Waals surface area contributed by atoms with Crippen LogP contribution in [-0.4, -0.2) is 19.9 Å². The van der Waals surface area contributed by atoms with Crippen LogP contribution in [0.4, 0.5) is 0 Å². The van der Waals surface area contributed by atoms with Gasteiger partial charge >= 0.3 is 0 Å². The molecule has 0 unspecified atom stereocenters. The summed E-state index contributed by atoms with van der Waals surface area (Å²) >= 11 is 7.14. The number of benzene rings is 17. The first kappa shape index (κ1) is 62.5. The summed E-state index contributed by atoms with van der Waals surface area (Å²) in [6.45, 7) is 0. The molecule has 0 N–H and O–H groups in total. The van der Waals surface area contributed by atoms with Gasteiger partial charge in [-0.3, -0.25) is 9.97 Å². The summed E-state index contributed by atoms with van der Waals surface area (Å²) < 4.78 is 7.65. The van der Waals surface area contributed by atoms with Crippen molar-refractivity contribution in [3.8, 4) is 89.3 Å². The van der Waals surface area contributed by atoms with Crippen LogP contribution >= 0.6 is 45.3 Å². The average molecular weight is 1440 g/mol. The van der Waals surface area contributed by atoms with Gasteiger partial charge in [0.25, 0.3) is 0 Å². The quantitative estimate of drug-likeness (QED) is 0.142. The second-order valence-electron chi connectivity index (χ2n) is 27.9. The summed E-state index contributed by atoms with van der Waals surface area (Å²) in [5.74, 6) is 0. The van der Waals surface area contributed by atoms with Crippen LogP contribution in [-0.2, 0) is 0 Å². The van der Waals surface area contributed by atoms with Crippen molar-refractivity contribution in [2.75, 3.05) is 0 Å². The van der Waals surface area contributed by atoms with Gasteiger partial charge in [-0.25, -0.2) is 9.97 Å². The van der Waals surface area contributed by atoms with Crippen molar-refractivity contribution in [2.24, 2.45) is 0 Å². The lowest BCUT2D eigenvalue weighted by Crippen LogP contribution is -1.87.